The molecule has 5 rings (SSSR count). The average Bonchev–Trinajstić information content (AvgIpc) is 3.14. The van der Waals surface area contributed by atoms with Crippen LogP contribution in [0.1, 0.15) is 40.9 Å². The highest BCUT2D eigenvalue weighted by molar-refractivity contribution is 9.10. The number of hydrogen-bond acceptors (Lipinski definition) is 3. The number of ether oxygens (including phenoxy) is 1. The zero-order chi connectivity index (χ0) is 20.1. The van der Waals surface area contributed by atoms with Crippen molar-refractivity contribution in [2.45, 2.75) is 25.6 Å². The van der Waals surface area contributed by atoms with Crippen molar-refractivity contribution in [1.82, 2.24) is 5.01 Å². The summed E-state index contributed by atoms with van der Waals surface area (Å²) >= 11 is 16.3. The maximum atomic E-state index is 6.52. The molecule has 2 aliphatic heterocycles. The lowest BCUT2D eigenvalue weighted by molar-refractivity contribution is -0.0189. The van der Waals surface area contributed by atoms with Gasteiger partial charge < -0.3 is 4.74 Å². The second-order valence-corrected chi connectivity index (χ2v) is 9.10. The van der Waals surface area contributed by atoms with E-state index < -0.39 is 0 Å². The molecule has 3 aromatic carbocycles. The molecule has 0 amide bonds. The highest BCUT2D eigenvalue weighted by Crippen LogP contribution is 2.50. The quantitative estimate of drug-likeness (QED) is 0.378. The van der Waals surface area contributed by atoms with Gasteiger partial charge in [0.1, 0.15) is 5.75 Å². The van der Waals surface area contributed by atoms with Gasteiger partial charge in [-0.25, -0.2) is 5.01 Å². The van der Waals surface area contributed by atoms with Crippen LogP contribution in [0.2, 0.25) is 10.0 Å². The smallest absolute Gasteiger partial charge is 0.213 e. The van der Waals surface area contributed by atoms with Gasteiger partial charge in [0.15, 0.2) is 0 Å². The summed E-state index contributed by atoms with van der Waals surface area (Å²) in [6.07, 6.45) is 0.413. The molecule has 29 heavy (non-hydrogen) atoms. The topological polar surface area (TPSA) is 24.8 Å². The monoisotopic (exact) mass is 486 g/mol. The van der Waals surface area contributed by atoms with Crippen LogP contribution in [-0.4, -0.2) is 10.7 Å². The van der Waals surface area contributed by atoms with Crippen molar-refractivity contribution >= 4 is 44.8 Å². The van der Waals surface area contributed by atoms with E-state index in [0.29, 0.717) is 15.8 Å². The number of hydrogen-bond donors (Lipinski definition) is 0. The zero-order valence-electron chi connectivity index (χ0n) is 15.6. The standard InChI is InChI=1S/C23H17BrCl2N2O/c1-13-2-4-15(5-3-13)23-28-21(18-10-17(25)11-19(26)22(18)29-23)12-20(27-28)14-6-8-16(24)9-7-14/h2-11,21,23H,12H2,1H3. The van der Waals surface area contributed by atoms with Gasteiger partial charge in [-0.3, -0.25) is 0 Å². The Morgan fingerprint density at radius 1 is 1.03 bits per heavy atom. The van der Waals surface area contributed by atoms with Crippen LogP contribution < -0.4 is 4.74 Å². The normalized spacial score (nSPS) is 20.0. The van der Waals surface area contributed by atoms with Crippen LogP contribution in [0.3, 0.4) is 0 Å². The molecular weight excluding hydrogens is 471 g/mol. The second kappa shape index (κ2) is 7.35. The fraction of sp³-hybridized carbons (Fsp3) is 0.174. The van der Waals surface area contributed by atoms with Crippen LogP contribution in [0, 0.1) is 6.92 Å². The summed E-state index contributed by atoms with van der Waals surface area (Å²) in [5, 5.41) is 8.14. The van der Waals surface area contributed by atoms with Crippen LogP contribution in [-0.2, 0) is 0 Å². The second-order valence-electron chi connectivity index (χ2n) is 7.34. The van der Waals surface area contributed by atoms with Crippen molar-refractivity contribution in [1.29, 1.82) is 0 Å². The third-order valence-electron chi connectivity index (χ3n) is 5.35. The average molecular weight is 488 g/mol. The van der Waals surface area contributed by atoms with E-state index in [-0.39, 0.29) is 12.3 Å². The van der Waals surface area contributed by atoms with Crippen LogP contribution in [0.4, 0.5) is 0 Å². The first kappa shape index (κ1) is 19.0. The number of hydrazone groups is 1. The van der Waals surface area contributed by atoms with E-state index >= 15 is 0 Å². The van der Waals surface area contributed by atoms with E-state index in [1.54, 1.807) is 6.07 Å². The van der Waals surface area contributed by atoms with E-state index in [1.165, 1.54) is 5.56 Å². The molecule has 3 nitrogen and oxygen atoms in total. The molecule has 6 heteroatoms. The van der Waals surface area contributed by atoms with Crippen molar-refractivity contribution in [3.63, 3.8) is 0 Å². The Hall–Kier alpha value is -2.01. The fourth-order valence-electron chi connectivity index (χ4n) is 3.88. The molecule has 0 N–H and O–H groups in total. The Bertz CT molecular complexity index is 1110. The minimum Gasteiger partial charge on any atom is -0.463 e. The van der Waals surface area contributed by atoms with Gasteiger partial charge in [-0.15, -0.1) is 0 Å². The Labute approximate surface area is 188 Å². The summed E-state index contributed by atoms with van der Waals surface area (Å²) in [7, 11) is 0. The Balaban J connectivity index is 1.62. The minimum absolute atomic E-state index is 0.0138. The lowest BCUT2D eigenvalue weighted by atomic mass is 9.96. The van der Waals surface area contributed by atoms with Gasteiger partial charge in [-0.1, -0.05) is 81.1 Å². The molecule has 146 valence electrons. The van der Waals surface area contributed by atoms with Gasteiger partial charge in [-0.2, -0.15) is 5.10 Å². The molecule has 2 unspecified atom stereocenters. The first-order valence-electron chi connectivity index (χ1n) is 9.33. The molecule has 3 aromatic rings. The van der Waals surface area contributed by atoms with Crippen molar-refractivity contribution < 1.29 is 4.74 Å². The van der Waals surface area contributed by atoms with Gasteiger partial charge in [0.05, 0.1) is 16.8 Å². The summed E-state index contributed by atoms with van der Waals surface area (Å²) in [6, 6.07) is 20.2. The summed E-state index contributed by atoms with van der Waals surface area (Å²) < 4.78 is 7.43. The Morgan fingerprint density at radius 3 is 2.48 bits per heavy atom. The molecule has 2 atom stereocenters. The lowest BCUT2D eigenvalue weighted by Gasteiger charge is -2.38. The SMILES string of the molecule is Cc1ccc(C2Oc3c(Cl)cc(Cl)cc3C3CC(c4ccc(Br)cc4)=NN32)cc1. The van der Waals surface area contributed by atoms with Crippen LogP contribution in [0.5, 0.6) is 5.75 Å². The first-order chi connectivity index (χ1) is 14.0. The molecule has 0 fully saturated rings. The predicted molar refractivity (Wildman–Crippen MR) is 121 cm³/mol. The number of halogens is 3. The van der Waals surface area contributed by atoms with Crippen molar-refractivity contribution in [2.24, 2.45) is 5.10 Å². The molecule has 0 spiro atoms. The van der Waals surface area contributed by atoms with Crippen LogP contribution >= 0.6 is 39.1 Å². The number of aryl methyl sites for hydroxylation is 1. The van der Waals surface area contributed by atoms with Gasteiger partial charge in [0, 0.05) is 27.0 Å². The molecule has 2 aliphatic rings. The first-order valence-corrected chi connectivity index (χ1v) is 10.9. The number of fused-ring (bicyclic) bond motifs is 3. The van der Waals surface area contributed by atoms with Gasteiger partial charge in [-0.05, 0) is 36.8 Å². The minimum atomic E-state index is -0.347. The summed E-state index contributed by atoms with van der Waals surface area (Å²) in [5.74, 6) is 0.690. The highest BCUT2D eigenvalue weighted by Gasteiger charge is 2.42. The number of rotatable bonds is 2. The van der Waals surface area contributed by atoms with Gasteiger partial charge >= 0.3 is 0 Å². The highest BCUT2D eigenvalue weighted by atomic mass is 79.9. The Morgan fingerprint density at radius 2 is 1.76 bits per heavy atom. The molecule has 0 aliphatic carbocycles. The largest absolute Gasteiger partial charge is 0.463 e. The zero-order valence-corrected chi connectivity index (χ0v) is 18.7. The summed E-state index contributed by atoms with van der Waals surface area (Å²) in [5.41, 5.74) is 5.33. The molecular formula is C23H17BrCl2N2O. The van der Waals surface area contributed by atoms with E-state index in [0.717, 1.165) is 33.3 Å². The van der Waals surface area contributed by atoms with Crippen molar-refractivity contribution in [2.75, 3.05) is 0 Å². The number of nitrogens with zero attached hydrogens (tertiary/aromatic N) is 2. The van der Waals surface area contributed by atoms with E-state index in [1.807, 2.05) is 23.2 Å². The summed E-state index contributed by atoms with van der Waals surface area (Å²) in [4.78, 5) is 0. The molecule has 0 bridgehead atoms. The number of benzene rings is 3. The van der Waals surface area contributed by atoms with Gasteiger partial charge in [0.2, 0.25) is 6.23 Å². The van der Waals surface area contributed by atoms with E-state index in [9.17, 15) is 0 Å². The fourth-order valence-corrected chi connectivity index (χ4v) is 4.70. The van der Waals surface area contributed by atoms with E-state index in [4.69, 9.17) is 33.0 Å². The third kappa shape index (κ3) is 3.43. The van der Waals surface area contributed by atoms with E-state index in [2.05, 4.69) is 59.3 Å². The van der Waals surface area contributed by atoms with Crippen molar-refractivity contribution in [3.05, 3.63) is 97.4 Å². The molecule has 2 heterocycles. The maximum Gasteiger partial charge on any atom is 0.213 e. The summed E-state index contributed by atoms with van der Waals surface area (Å²) in [6.45, 7) is 2.07. The molecule has 0 aromatic heterocycles. The van der Waals surface area contributed by atoms with Gasteiger partial charge in [0.25, 0.3) is 0 Å². The van der Waals surface area contributed by atoms with Crippen LogP contribution in [0.25, 0.3) is 0 Å². The predicted octanol–water partition coefficient (Wildman–Crippen LogP) is 7.31. The third-order valence-corrected chi connectivity index (χ3v) is 6.38. The molecule has 0 radical (unpaired) electrons. The molecule has 0 saturated carbocycles. The lowest BCUT2D eigenvalue weighted by Crippen LogP contribution is -2.33. The van der Waals surface area contributed by atoms with Crippen LogP contribution in [0.15, 0.2) is 70.2 Å². The van der Waals surface area contributed by atoms with Crippen molar-refractivity contribution in [3.8, 4) is 5.75 Å². The maximum absolute atomic E-state index is 6.52. The Kier molecular flexibility index (Phi) is 4.81. The molecule has 0 saturated heterocycles.